The van der Waals surface area contributed by atoms with Crippen molar-refractivity contribution in [2.75, 3.05) is 9.80 Å². The smallest absolute Gasteiger partial charge is 0.137 e. The van der Waals surface area contributed by atoms with Crippen molar-refractivity contribution in [3.05, 3.63) is 291 Å². The first-order valence-corrected chi connectivity index (χ1v) is 32.1. The summed E-state index contributed by atoms with van der Waals surface area (Å²) in [7, 11) is 0. The van der Waals surface area contributed by atoms with E-state index in [-0.39, 0.29) is 0 Å². The van der Waals surface area contributed by atoms with Gasteiger partial charge in [-0.2, -0.15) is 0 Å². The Labute approximate surface area is 522 Å². The molecule has 0 saturated carbocycles. The minimum Gasteiger partial charge on any atom is -0.456 e. The van der Waals surface area contributed by atoms with Crippen LogP contribution in [0.3, 0.4) is 0 Å². The summed E-state index contributed by atoms with van der Waals surface area (Å²) in [6, 6.07) is 106. The summed E-state index contributed by atoms with van der Waals surface area (Å²) in [6.45, 7) is 0. The van der Waals surface area contributed by atoms with Crippen LogP contribution in [0.5, 0.6) is 0 Å². The number of hydrogen-bond acceptors (Lipinski definition) is 6. The molecule has 90 heavy (non-hydrogen) atoms. The molecule has 0 bridgehead atoms. The van der Waals surface area contributed by atoms with Crippen LogP contribution in [0.4, 0.5) is 34.1 Å². The van der Waals surface area contributed by atoms with E-state index < -0.39 is 0 Å². The fourth-order valence-electron chi connectivity index (χ4n) is 14.8. The van der Waals surface area contributed by atoms with E-state index in [1.807, 2.05) is 22.7 Å². The van der Waals surface area contributed by atoms with Gasteiger partial charge in [-0.25, -0.2) is 0 Å². The van der Waals surface area contributed by atoms with Gasteiger partial charge in [0.1, 0.15) is 22.3 Å². The van der Waals surface area contributed by atoms with Gasteiger partial charge in [-0.3, -0.25) is 0 Å². The molecular formula is C82H48N4O2S2. The summed E-state index contributed by atoms with van der Waals surface area (Å²) >= 11 is 3.69. The molecular weight excluding hydrogens is 1140 g/mol. The molecule has 0 aliphatic carbocycles. The predicted octanol–water partition coefficient (Wildman–Crippen LogP) is 24.5. The Morgan fingerprint density at radius 1 is 0.244 bits per heavy atom. The minimum atomic E-state index is 0.823. The second kappa shape index (κ2) is 19.0. The van der Waals surface area contributed by atoms with Gasteiger partial charge in [-0.15, -0.1) is 22.7 Å². The lowest BCUT2D eigenvalue weighted by Gasteiger charge is -2.26. The Hall–Kier alpha value is -11.4. The highest BCUT2D eigenvalue weighted by Gasteiger charge is 2.26. The number of rotatable bonds is 8. The van der Waals surface area contributed by atoms with Crippen LogP contribution < -0.4 is 9.80 Å². The highest BCUT2D eigenvalue weighted by Crippen LogP contribution is 2.51. The number of aromatic nitrogens is 2. The highest BCUT2D eigenvalue weighted by molar-refractivity contribution is 7.26. The molecule has 8 heteroatoms. The van der Waals surface area contributed by atoms with Gasteiger partial charge in [0, 0.05) is 120 Å². The molecule has 6 heterocycles. The maximum absolute atomic E-state index is 7.01. The standard InChI is InChI=1S/C82H48N4O2S2/c1-3-17-49(18-4-1)85-67-27-11-7-21-55(67)65-45-51(35-41-69(65)85)83(71-29-15-25-61-57-23-9-13-31-77(57)89-81(61)71)53-33-37-63-75(47-53)87-73-43-39-60-59(79(63)73)40-44-74-80(60)64-38-34-54(48-76(64)88-74)84(72-30-16-26-62-58-24-10-14-32-78(58)90-82(62)72)52-36-42-70-66(46-52)56-22-8-12-28-68(56)86(70)50-19-5-2-6-20-50/h1-48H. The van der Waals surface area contributed by atoms with E-state index in [0.29, 0.717) is 0 Å². The van der Waals surface area contributed by atoms with Crippen molar-refractivity contribution < 1.29 is 8.83 Å². The number of furan rings is 2. The topological polar surface area (TPSA) is 42.6 Å². The van der Waals surface area contributed by atoms with Gasteiger partial charge >= 0.3 is 0 Å². The molecule has 0 atom stereocenters. The quantitative estimate of drug-likeness (QED) is 0.152. The lowest BCUT2D eigenvalue weighted by molar-refractivity contribution is 0.668. The van der Waals surface area contributed by atoms with Gasteiger partial charge < -0.3 is 27.8 Å². The molecule has 420 valence electrons. The SMILES string of the molecule is c1ccc(-n2c3ccccc3c3cc(N(c4ccc5c(c4)oc4ccc6c(ccc7oc8cc(N(c9ccc%10c(c9)c9ccccc9n%10-c9ccccc9)c9cccc%10c9sc9ccccc9%10)ccc8c76)c45)c4cccc5c4sc4ccccc45)ccc32)cc1. The molecule has 20 rings (SSSR count). The van der Waals surface area contributed by atoms with Crippen LogP contribution in [-0.4, -0.2) is 9.13 Å². The molecule has 0 amide bonds. The van der Waals surface area contributed by atoms with Crippen LogP contribution in [0.25, 0.3) is 150 Å². The number of fused-ring (bicyclic) bond motifs is 21. The second-order valence-corrected chi connectivity index (χ2v) is 25.6. The fourth-order valence-corrected chi connectivity index (χ4v) is 17.2. The summed E-state index contributed by atoms with van der Waals surface area (Å²) < 4.78 is 23.8. The molecule has 14 aromatic carbocycles. The largest absolute Gasteiger partial charge is 0.456 e. The van der Waals surface area contributed by atoms with Gasteiger partial charge in [0.2, 0.25) is 0 Å². The number of nitrogens with zero attached hydrogens (tertiary/aromatic N) is 4. The molecule has 0 aliphatic heterocycles. The zero-order valence-corrected chi connectivity index (χ0v) is 49.8. The van der Waals surface area contributed by atoms with Crippen LogP contribution >= 0.6 is 22.7 Å². The highest BCUT2D eigenvalue weighted by atomic mass is 32.1. The van der Waals surface area contributed by atoms with Gasteiger partial charge in [-0.05, 0) is 156 Å². The summed E-state index contributed by atoms with van der Waals surface area (Å²) in [4.78, 5) is 4.86. The van der Waals surface area contributed by atoms with Crippen molar-refractivity contribution in [1.29, 1.82) is 0 Å². The van der Waals surface area contributed by atoms with Crippen molar-refractivity contribution in [3.63, 3.8) is 0 Å². The Bertz CT molecular complexity index is 5990. The Kier molecular flexibility index (Phi) is 10.5. The molecule has 0 saturated heterocycles. The first-order valence-electron chi connectivity index (χ1n) is 30.5. The third-order valence-corrected chi connectivity index (χ3v) is 21.1. The lowest BCUT2D eigenvalue weighted by Crippen LogP contribution is -2.10. The van der Waals surface area contributed by atoms with Crippen molar-refractivity contribution in [2.45, 2.75) is 0 Å². The van der Waals surface area contributed by atoms with E-state index in [1.165, 1.54) is 72.9 Å². The predicted molar refractivity (Wildman–Crippen MR) is 382 cm³/mol. The van der Waals surface area contributed by atoms with Crippen molar-refractivity contribution in [1.82, 2.24) is 9.13 Å². The first kappa shape index (κ1) is 49.7. The molecule has 0 fully saturated rings. The van der Waals surface area contributed by atoms with Gasteiger partial charge in [0.05, 0.1) is 42.8 Å². The first-order chi connectivity index (χ1) is 44.6. The molecule has 0 spiro atoms. The summed E-state index contributed by atoms with van der Waals surface area (Å²) in [5, 5.41) is 16.3. The number of benzene rings is 14. The maximum Gasteiger partial charge on any atom is 0.137 e. The average molecular weight is 1190 g/mol. The van der Waals surface area contributed by atoms with Crippen molar-refractivity contribution in [2.24, 2.45) is 0 Å². The zero-order valence-electron chi connectivity index (χ0n) is 48.1. The van der Waals surface area contributed by atoms with Crippen LogP contribution in [-0.2, 0) is 0 Å². The van der Waals surface area contributed by atoms with Gasteiger partial charge in [-0.1, -0.05) is 133 Å². The van der Waals surface area contributed by atoms with Crippen LogP contribution in [0.15, 0.2) is 300 Å². The molecule has 6 nitrogen and oxygen atoms in total. The maximum atomic E-state index is 7.01. The molecule has 6 aromatic heterocycles. The molecule has 0 N–H and O–H groups in total. The average Bonchev–Trinajstić information content (AvgIpc) is 1.85. The third kappa shape index (κ3) is 7.19. The number of para-hydroxylation sites is 4. The Balaban J connectivity index is 0.748. The molecule has 0 radical (unpaired) electrons. The normalized spacial score (nSPS) is 12.2. The van der Waals surface area contributed by atoms with E-state index in [9.17, 15) is 0 Å². The lowest BCUT2D eigenvalue weighted by atomic mass is 9.99. The second-order valence-electron chi connectivity index (χ2n) is 23.5. The van der Waals surface area contributed by atoms with Gasteiger partial charge in [0.25, 0.3) is 0 Å². The number of thiophene rings is 2. The number of anilines is 6. The van der Waals surface area contributed by atoms with E-state index >= 15 is 0 Å². The minimum absolute atomic E-state index is 0.823. The van der Waals surface area contributed by atoms with E-state index in [1.54, 1.807) is 0 Å². The van der Waals surface area contributed by atoms with Crippen LogP contribution in [0.1, 0.15) is 0 Å². The zero-order chi connectivity index (χ0) is 58.7. The van der Waals surface area contributed by atoms with E-state index in [0.717, 1.165) is 111 Å². The van der Waals surface area contributed by atoms with E-state index in [4.69, 9.17) is 8.83 Å². The summed E-state index contributed by atoms with van der Waals surface area (Å²) in [6.07, 6.45) is 0. The molecule has 0 unspecified atom stereocenters. The van der Waals surface area contributed by atoms with Crippen LogP contribution in [0.2, 0.25) is 0 Å². The van der Waals surface area contributed by atoms with Crippen LogP contribution in [0, 0.1) is 0 Å². The summed E-state index contributed by atoms with van der Waals surface area (Å²) in [5.74, 6) is 0. The van der Waals surface area contributed by atoms with Crippen molar-refractivity contribution in [3.8, 4) is 11.4 Å². The Morgan fingerprint density at radius 3 is 1.08 bits per heavy atom. The summed E-state index contributed by atoms with van der Waals surface area (Å²) in [5.41, 5.74) is 16.6. The Morgan fingerprint density at radius 2 is 0.611 bits per heavy atom. The molecule has 0 aliphatic rings. The number of hydrogen-bond donors (Lipinski definition) is 0. The van der Waals surface area contributed by atoms with Crippen molar-refractivity contribution >= 4 is 195 Å². The van der Waals surface area contributed by atoms with E-state index in [2.05, 4.69) is 310 Å². The molecule has 20 aromatic rings. The third-order valence-electron chi connectivity index (χ3n) is 18.7. The van der Waals surface area contributed by atoms with Gasteiger partial charge in [0.15, 0.2) is 0 Å². The fraction of sp³-hybridized carbons (Fsp3) is 0. The monoisotopic (exact) mass is 1180 g/mol.